The molecular weight excluding hydrogens is 430 g/mol. The summed E-state index contributed by atoms with van der Waals surface area (Å²) in [7, 11) is -3.90. The first-order chi connectivity index (χ1) is 15.3. The number of nitrogens with one attached hydrogen (secondary N) is 1. The highest BCUT2D eigenvalue weighted by Crippen LogP contribution is 2.26. The molecule has 0 spiro atoms. The molecule has 32 heavy (non-hydrogen) atoms. The molecule has 1 heterocycles. The minimum atomic E-state index is -3.90. The summed E-state index contributed by atoms with van der Waals surface area (Å²) in [6, 6.07) is 17.0. The van der Waals surface area contributed by atoms with E-state index in [1.54, 1.807) is 43.3 Å². The predicted octanol–water partition coefficient (Wildman–Crippen LogP) is 3.92. The van der Waals surface area contributed by atoms with Gasteiger partial charge in [-0.25, -0.2) is 18.0 Å². The molecule has 0 saturated heterocycles. The van der Waals surface area contributed by atoms with Crippen molar-refractivity contribution in [3.8, 4) is 5.75 Å². The Morgan fingerprint density at radius 2 is 1.69 bits per heavy atom. The highest BCUT2D eigenvalue weighted by Gasteiger charge is 2.26. The highest BCUT2D eigenvalue weighted by atomic mass is 32.2. The second-order valence-electron chi connectivity index (χ2n) is 7.41. The molecule has 1 atom stereocenters. The number of aryl methyl sites for hydroxylation is 1. The molecular formula is C24H21NO6S. The Balaban J connectivity index is 1.58. The molecule has 1 N–H and O–H groups in total. The van der Waals surface area contributed by atoms with Crippen molar-refractivity contribution in [1.82, 2.24) is 4.72 Å². The minimum Gasteiger partial charge on any atom is -0.425 e. The first-order valence-electron chi connectivity index (χ1n) is 10.0. The molecule has 1 aromatic heterocycles. The van der Waals surface area contributed by atoms with E-state index in [0.29, 0.717) is 10.8 Å². The summed E-state index contributed by atoms with van der Waals surface area (Å²) in [5.74, 6) is -0.611. The quantitative estimate of drug-likeness (QED) is 0.206. The van der Waals surface area contributed by atoms with E-state index in [0.717, 1.165) is 10.9 Å². The van der Waals surface area contributed by atoms with Crippen LogP contribution in [0.1, 0.15) is 18.9 Å². The number of sulfonamides is 1. The Hall–Kier alpha value is -3.49. The van der Waals surface area contributed by atoms with Gasteiger partial charge in [0.15, 0.2) is 0 Å². The van der Waals surface area contributed by atoms with Gasteiger partial charge in [0.05, 0.1) is 10.3 Å². The van der Waals surface area contributed by atoms with Crippen molar-refractivity contribution in [3.63, 3.8) is 0 Å². The van der Waals surface area contributed by atoms with Gasteiger partial charge >= 0.3 is 11.6 Å². The molecule has 0 saturated carbocycles. The zero-order valence-electron chi connectivity index (χ0n) is 17.5. The van der Waals surface area contributed by atoms with Crippen LogP contribution in [-0.4, -0.2) is 20.4 Å². The van der Waals surface area contributed by atoms with Crippen LogP contribution in [0.15, 0.2) is 80.8 Å². The van der Waals surface area contributed by atoms with Crippen molar-refractivity contribution in [2.75, 3.05) is 0 Å². The third-order valence-corrected chi connectivity index (χ3v) is 6.62. The van der Waals surface area contributed by atoms with E-state index in [2.05, 4.69) is 4.72 Å². The summed E-state index contributed by atoms with van der Waals surface area (Å²) in [4.78, 5) is 25.0. The Kier molecular flexibility index (Phi) is 5.82. The van der Waals surface area contributed by atoms with Crippen LogP contribution in [0.2, 0.25) is 0 Å². The fourth-order valence-electron chi connectivity index (χ4n) is 3.38. The lowest BCUT2D eigenvalue weighted by atomic mass is 10.1. The molecule has 0 fully saturated rings. The number of ether oxygens (including phenoxy) is 1. The first kappa shape index (κ1) is 21.7. The standard InChI is InChI=1S/C24H21NO6S/c1-3-21(25-32(28,29)17-11-8-15(2)9-12-17)24(27)30-16-10-13-19-18-6-4-5-7-20(18)23(26)31-22(19)14-16/h4-14,21,25H,3H2,1-2H3/t21-/m0/s1. The second kappa shape index (κ2) is 8.57. The normalized spacial score (nSPS) is 12.7. The Bertz CT molecular complexity index is 1470. The third kappa shape index (κ3) is 4.28. The van der Waals surface area contributed by atoms with Gasteiger partial charge in [0.25, 0.3) is 0 Å². The molecule has 8 heteroatoms. The van der Waals surface area contributed by atoms with Gasteiger partial charge in [0.1, 0.15) is 17.4 Å². The summed E-state index contributed by atoms with van der Waals surface area (Å²) < 4.78 is 38.4. The van der Waals surface area contributed by atoms with Gasteiger partial charge in [-0.1, -0.05) is 42.8 Å². The van der Waals surface area contributed by atoms with Gasteiger partial charge < -0.3 is 9.15 Å². The number of esters is 1. The number of carbonyl (C=O) groups is 1. The van der Waals surface area contributed by atoms with Crippen molar-refractivity contribution in [2.45, 2.75) is 31.2 Å². The van der Waals surface area contributed by atoms with Gasteiger partial charge in [-0.3, -0.25) is 0 Å². The summed E-state index contributed by atoms with van der Waals surface area (Å²) >= 11 is 0. The van der Waals surface area contributed by atoms with Crippen molar-refractivity contribution in [3.05, 3.63) is 82.7 Å². The van der Waals surface area contributed by atoms with Crippen LogP contribution in [0, 0.1) is 6.92 Å². The number of fused-ring (bicyclic) bond motifs is 3. The molecule has 4 aromatic rings. The van der Waals surface area contributed by atoms with Crippen molar-refractivity contribution < 1.29 is 22.4 Å². The number of carbonyl (C=O) groups excluding carboxylic acids is 1. The molecule has 0 aliphatic rings. The lowest BCUT2D eigenvalue weighted by Gasteiger charge is -2.16. The molecule has 0 bridgehead atoms. The molecule has 0 radical (unpaired) electrons. The molecule has 3 aromatic carbocycles. The zero-order valence-corrected chi connectivity index (χ0v) is 18.3. The average Bonchev–Trinajstić information content (AvgIpc) is 2.78. The second-order valence-corrected chi connectivity index (χ2v) is 9.12. The molecule has 4 rings (SSSR count). The first-order valence-corrected chi connectivity index (χ1v) is 11.5. The maximum Gasteiger partial charge on any atom is 0.344 e. The largest absolute Gasteiger partial charge is 0.425 e. The van der Waals surface area contributed by atoms with Gasteiger partial charge in [-0.05, 0) is 49.1 Å². The topological polar surface area (TPSA) is 103 Å². The van der Waals surface area contributed by atoms with E-state index < -0.39 is 27.7 Å². The van der Waals surface area contributed by atoms with Crippen LogP contribution in [0.25, 0.3) is 21.7 Å². The van der Waals surface area contributed by atoms with Gasteiger partial charge in [-0.15, -0.1) is 0 Å². The Morgan fingerprint density at radius 1 is 1.00 bits per heavy atom. The lowest BCUT2D eigenvalue weighted by molar-refractivity contribution is -0.136. The number of benzene rings is 3. The number of hydrogen-bond donors (Lipinski definition) is 1. The summed E-state index contributed by atoms with van der Waals surface area (Å²) in [6.07, 6.45) is 0.192. The third-order valence-electron chi connectivity index (χ3n) is 5.13. The smallest absolute Gasteiger partial charge is 0.344 e. The van der Waals surface area contributed by atoms with Crippen LogP contribution < -0.4 is 15.1 Å². The van der Waals surface area contributed by atoms with E-state index in [1.165, 1.54) is 18.2 Å². The maximum absolute atomic E-state index is 12.7. The molecule has 0 unspecified atom stereocenters. The Labute approximate surface area is 184 Å². The summed E-state index contributed by atoms with van der Waals surface area (Å²) in [5.41, 5.74) is 0.701. The molecule has 0 aliphatic carbocycles. The van der Waals surface area contributed by atoms with Crippen LogP contribution >= 0.6 is 0 Å². The van der Waals surface area contributed by atoms with Gasteiger partial charge in [-0.2, -0.15) is 4.72 Å². The fraction of sp³-hybridized carbons (Fsp3) is 0.167. The molecule has 164 valence electrons. The summed E-state index contributed by atoms with van der Waals surface area (Å²) in [6.45, 7) is 3.53. The average molecular weight is 452 g/mol. The predicted molar refractivity (Wildman–Crippen MR) is 121 cm³/mol. The van der Waals surface area contributed by atoms with Crippen LogP contribution in [0.5, 0.6) is 5.75 Å². The van der Waals surface area contributed by atoms with Crippen LogP contribution in [0.3, 0.4) is 0 Å². The monoisotopic (exact) mass is 451 g/mol. The highest BCUT2D eigenvalue weighted by molar-refractivity contribution is 7.89. The van der Waals surface area contributed by atoms with Gasteiger partial charge in [0.2, 0.25) is 10.0 Å². The van der Waals surface area contributed by atoms with Crippen molar-refractivity contribution in [1.29, 1.82) is 0 Å². The molecule has 0 aliphatic heterocycles. The van der Waals surface area contributed by atoms with E-state index in [4.69, 9.17) is 9.15 Å². The van der Waals surface area contributed by atoms with E-state index >= 15 is 0 Å². The lowest BCUT2D eigenvalue weighted by Crippen LogP contribution is -2.42. The van der Waals surface area contributed by atoms with Crippen LogP contribution in [-0.2, 0) is 14.8 Å². The molecule has 0 amide bonds. The Morgan fingerprint density at radius 3 is 2.38 bits per heavy atom. The SMILES string of the molecule is CC[C@H](NS(=O)(=O)c1ccc(C)cc1)C(=O)Oc1ccc2c(c1)oc(=O)c1ccccc12. The minimum absolute atomic E-state index is 0.0636. The van der Waals surface area contributed by atoms with Gasteiger partial charge in [0, 0.05) is 11.5 Å². The van der Waals surface area contributed by atoms with E-state index in [-0.39, 0.29) is 22.6 Å². The van der Waals surface area contributed by atoms with E-state index in [1.807, 2.05) is 19.1 Å². The fourth-order valence-corrected chi connectivity index (χ4v) is 4.65. The molecule has 7 nitrogen and oxygen atoms in total. The summed E-state index contributed by atoms with van der Waals surface area (Å²) in [5, 5.41) is 1.89. The zero-order chi connectivity index (χ0) is 22.9. The van der Waals surface area contributed by atoms with Crippen molar-refractivity contribution >= 4 is 37.7 Å². The number of rotatable bonds is 6. The number of hydrogen-bond acceptors (Lipinski definition) is 6. The maximum atomic E-state index is 12.7. The van der Waals surface area contributed by atoms with Crippen LogP contribution in [0.4, 0.5) is 0 Å². The van der Waals surface area contributed by atoms with Crippen molar-refractivity contribution in [2.24, 2.45) is 0 Å². The van der Waals surface area contributed by atoms with E-state index in [9.17, 15) is 18.0 Å².